The number of hydrogen-bond acceptors (Lipinski definition) is 2. The van der Waals surface area contributed by atoms with Crippen LogP contribution in [0.2, 0.25) is 0 Å². The molecule has 0 aliphatic carbocycles. The molecule has 1 N–H and O–H groups in total. The summed E-state index contributed by atoms with van der Waals surface area (Å²) in [6.45, 7) is 4.14. The van der Waals surface area contributed by atoms with Crippen molar-refractivity contribution in [3.8, 4) is 0 Å². The number of amides is 2. The molecule has 2 amide bonds. The minimum atomic E-state index is -0.597. The number of carbonyl (C=O) groups excluding carboxylic acids is 2. The van der Waals surface area contributed by atoms with Gasteiger partial charge >= 0.3 is 0 Å². The van der Waals surface area contributed by atoms with Crippen molar-refractivity contribution in [1.29, 1.82) is 0 Å². The van der Waals surface area contributed by atoms with Crippen molar-refractivity contribution in [3.05, 3.63) is 71.0 Å². The van der Waals surface area contributed by atoms with Crippen LogP contribution in [0.25, 0.3) is 0 Å². The first-order valence-electron chi connectivity index (χ1n) is 8.76. The highest BCUT2D eigenvalue weighted by atomic mass is 19.1. The van der Waals surface area contributed by atoms with Crippen molar-refractivity contribution >= 4 is 11.8 Å². The fourth-order valence-corrected chi connectivity index (χ4v) is 3.00. The van der Waals surface area contributed by atoms with Crippen molar-refractivity contribution in [1.82, 2.24) is 10.2 Å². The van der Waals surface area contributed by atoms with Crippen molar-refractivity contribution in [2.45, 2.75) is 39.3 Å². The summed E-state index contributed by atoms with van der Waals surface area (Å²) in [7, 11) is 1.55. The van der Waals surface area contributed by atoms with E-state index in [0.717, 1.165) is 11.1 Å². The van der Waals surface area contributed by atoms with Crippen LogP contribution in [0.1, 0.15) is 30.0 Å². The van der Waals surface area contributed by atoms with Crippen LogP contribution in [0.4, 0.5) is 4.39 Å². The molecule has 0 aliphatic rings. The second-order valence-electron chi connectivity index (χ2n) is 6.32. The van der Waals surface area contributed by atoms with Crippen molar-refractivity contribution in [2.75, 3.05) is 7.05 Å². The summed E-state index contributed by atoms with van der Waals surface area (Å²) < 4.78 is 14.0. The minimum absolute atomic E-state index is 0.0774. The number of aryl methyl sites for hydroxylation is 1. The molecule has 0 aliphatic heterocycles. The maximum atomic E-state index is 14.0. The van der Waals surface area contributed by atoms with E-state index < -0.39 is 11.9 Å². The Hall–Kier alpha value is -2.69. The first kappa shape index (κ1) is 19.6. The Morgan fingerprint density at radius 3 is 2.50 bits per heavy atom. The van der Waals surface area contributed by atoms with E-state index in [1.54, 1.807) is 30.1 Å². The molecule has 2 aromatic carbocycles. The first-order chi connectivity index (χ1) is 12.5. The lowest BCUT2D eigenvalue weighted by Gasteiger charge is -2.30. The SMILES string of the molecule is CC[C@@H](C(=O)NC)N(Cc1cccc(C)c1)C(=O)Cc1ccccc1F. The lowest BCUT2D eigenvalue weighted by Crippen LogP contribution is -2.48. The molecular formula is C21H25FN2O2. The van der Waals surface area contributed by atoms with Crippen LogP contribution in [-0.4, -0.2) is 29.8 Å². The van der Waals surface area contributed by atoms with E-state index in [9.17, 15) is 14.0 Å². The Labute approximate surface area is 154 Å². The van der Waals surface area contributed by atoms with Gasteiger partial charge < -0.3 is 10.2 Å². The van der Waals surface area contributed by atoms with Gasteiger partial charge in [0.05, 0.1) is 6.42 Å². The maximum absolute atomic E-state index is 14.0. The zero-order valence-corrected chi connectivity index (χ0v) is 15.5. The van der Waals surface area contributed by atoms with Gasteiger partial charge in [-0.15, -0.1) is 0 Å². The second-order valence-corrected chi connectivity index (χ2v) is 6.32. The molecule has 0 radical (unpaired) electrons. The summed E-state index contributed by atoms with van der Waals surface area (Å²) in [5.74, 6) is -0.904. The smallest absolute Gasteiger partial charge is 0.242 e. The molecule has 0 bridgehead atoms. The lowest BCUT2D eigenvalue weighted by atomic mass is 10.1. The van der Waals surface area contributed by atoms with Crippen LogP contribution in [0.15, 0.2) is 48.5 Å². The van der Waals surface area contributed by atoms with Crippen LogP contribution < -0.4 is 5.32 Å². The molecule has 0 aromatic heterocycles. The summed E-state index contributed by atoms with van der Waals surface area (Å²) in [4.78, 5) is 26.8. The molecule has 0 spiro atoms. The van der Waals surface area contributed by atoms with Crippen molar-refractivity contribution in [3.63, 3.8) is 0 Å². The average molecular weight is 356 g/mol. The molecule has 5 heteroatoms. The Balaban J connectivity index is 2.30. The van der Waals surface area contributed by atoms with Crippen LogP contribution in [-0.2, 0) is 22.6 Å². The zero-order chi connectivity index (χ0) is 19.1. The van der Waals surface area contributed by atoms with E-state index in [2.05, 4.69) is 5.32 Å². The molecule has 1 atom stereocenters. The van der Waals surface area contributed by atoms with E-state index in [1.165, 1.54) is 6.07 Å². The maximum Gasteiger partial charge on any atom is 0.242 e. The fraction of sp³-hybridized carbons (Fsp3) is 0.333. The van der Waals surface area contributed by atoms with Crippen molar-refractivity contribution < 1.29 is 14.0 Å². The molecule has 138 valence electrons. The predicted molar refractivity (Wildman–Crippen MR) is 100.0 cm³/mol. The number of rotatable bonds is 7. The number of halogens is 1. The first-order valence-corrected chi connectivity index (χ1v) is 8.76. The van der Waals surface area contributed by atoms with Crippen LogP contribution in [0, 0.1) is 12.7 Å². The van der Waals surface area contributed by atoms with Gasteiger partial charge in [-0.3, -0.25) is 9.59 Å². The standard InChI is InChI=1S/C21H25FN2O2/c1-4-19(21(26)23-3)24(14-16-9-7-8-15(2)12-16)20(25)13-17-10-5-6-11-18(17)22/h5-12,19H,4,13-14H2,1-3H3,(H,23,26)/t19-/m0/s1. The van der Waals surface area contributed by atoms with Gasteiger partial charge in [-0.05, 0) is 30.5 Å². The van der Waals surface area contributed by atoms with Gasteiger partial charge in [0, 0.05) is 13.6 Å². The van der Waals surface area contributed by atoms with Gasteiger partial charge in [-0.25, -0.2) is 4.39 Å². The van der Waals surface area contributed by atoms with Gasteiger partial charge in [0.1, 0.15) is 11.9 Å². The normalized spacial score (nSPS) is 11.7. The van der Waals surface area contributed by atoms with Crippen LogP contribution in [0.5, 0.6) is 0 Å². The highest BCUT2D eigenvalue weighted by Crippen LogP contribution is 2.16. The number of carbonyl (C=O) groups is 2. The third-order valence-electron chi connectivity index (χ3n) is 4.37. The van der Waals surface area contributed by atoms with Gasteiger partial charge in [0.25, 0.3) is 0 Å². The molecule has 4 nitrogen and oxygen atoms in total. The summed E-state index contributed by atoms with van der Waals surface area (Å²) >= 11 is 0. The molecule has 2 aromatic rings. The Morgan fingerprint density at radius 1 is 1.15 bits per heavy atom. The van der Waals surface area contributed by atoms with Gasteiger partial charge in [-0.2, -0.15) is 0 Å². The quantitative estimate of drug-likeness (QED) is 0.828. The van der Waals surface area contributed by atoms with Crippen LogP contribution in [0.3, 0.4) is 0 Å². The van der Waals surface area contributed by atoms with E-state index in [1.807, 2.05) is 38.1 Å². The largest absolute Gasteiger partial charge is 0.357 e. The summed E-state index contributed by atoms with van der Waals surface area (Å²) in [5, 5.41) is 2.62. The summed E-state index contributed by atoms with van der Waals surface area (Å²) in [5.41, 5.74) is 2.35. The third kappa shape index (κ3) is 4.91. The molecule has 0 fully saturated rings. The number of benzene rings is 2. The fourth-order valence-electron chi connectivity index (χ4n) is 3.00. The Kier molecular flexibility index (Phi) is 6.89. The molecule has 0 saturated heterocycles. The molecule has 0 heterocycles. The number of nitrogens with zero attached hydrogens (tertiary/aromatic N) is 1. The van der Waals surface area contributed by atoms with E-state index in [-0.39, 0.29) is 18.2 Å². The summed E-state index contributed by atoms with van der Waals surface area (Å²) in [6.07, 6.45) is 0.403. The average Bonchev–Trinajstić information content (AvgIpc) is 2.63. The monoisotopic (exact) mass is 356 g/mol. The Bertz CT molecular complexity index is 776. The highest BCUT2D eigenvalue weighted by Gasteiger charge is 2.28. The van der Waals surface area contributed by atoms with Gasteiger partial charge in [0.2, 0.25) is 11.8 Å². The number of hydrogen-bond donors (Lipinski definition) is 1. The summed E-state index contributed by atoms with van der Waals surface area (Å²) in [6, 6.07) is 13.4. The molecule has 0 saturated carbocycles. The molecule has 2 rings (SSSR count). The highest BCUT2D eigenvalue weighted by molar-refractivity contribution is 5.88. The molecular weight excluding hydrogens is 331 g/mol. The third-order valence-corrected chi connectivity index (χ3v) is 4.37. The van der Waals surface area contributed by atoms with Crippen molar-refractivity contribution in [2.24, 2.45) is 0 Å². The van der Waals surface area contributed by atoms with E-state index >= 15 is 0 Å². The van der Waals surface area contributed by atoms with Gasteiger partial charge in [-0.1, -0.05) is 55.0 Å². The zero-order valence-electron chi connectivity index (χ0n) is 15.5. The second kappa shape index (κ2) is 9.13. The predicted octanol–water partition coefficient (Wildman–Crippen LogP) is 3.23. The van der Waals surface area contributed by atoms with E-state index in [4.69, 9.17) is 0 Å². The molecule has 26 heavy (non-hydrogen) atoms. The number of nitrogens with one attached hydrogen (secondary N) is 1. The van der Waals surface area contributed by atoms with Gasteiger partial charge in [0.15, 0.2) is 0 Å². The minimum Gasteiger partial charge on any atom is -0.357 e. The van der Waals surface area contributed by atoms with E-state index in [0.29, 0.717) is 18.5 Å². The Morgan fingerprint density at radius 2 is 1.88 bits per heavy atom. The van der Waals surface area contributed by atoms with Crippen LogP contribution >= 0.6 is 0 Å². The lowest BCUT2D eigenvalue weighted by molar-refractivity contribution is -0.140. The molecule has 0 unspecified atom stereocenters. The topological polar surface area (TPSA) is 49.4 Å². The number of likely N-dealkylation sites (N-methyl/N-ethyl adjacent to an activating group) is 1.